The second-order valence-electron chi connectivity index (χ2n) is 4.41. The van der Waals surface area contributed by atoms with Gasteiger partial charge >= 0.3 is 0 Å². The third-order valence-electron chi connectivity index (χ3n) is 2.44. The maximum absolute atomic E-state index is 9.53. The Morgan fingerprint density at radius 3 is 2.77 bits per heavy atom. The van der Waals surface area contributed by atoms with Crippen molar-refractivity contribution in [2.45, 2.75) is 38.0 Å². The lowest BCUT2D eigenvalue weighted by molar-refractivity contribution is 0.107. The molecule has 0 radical (unpaired) electrons. The number of β-amino-alcohol motifs (C(OH)–C–C–N with tert-alkyl or cyclic N) is 1. The number of nitrogens with zero attached hydrogens (tertiary/aromatic N) is 1. The summed E-state index contributed by atoms with van der Waals surface area (Å²) >= 11 is 2.04. The Balaban J connectivity index is 2.34. The smallest absolute Gasteiger partial charge is 0.0664 e. The molecule has 0 saturated carbocycles. The zero-order valence-electron chi connectivity index (χ0n) is 8.92. The van der Waals surface area contributed by atoms with E-state index in [0.717, 1.165) is 26.1 Å². The second kappa shape index (κ2) is 4.67. The fourth-order valence-electron chi connectivity index (χ4n) is 1.70. The lowest BCUT2D eigenvalue weighted by Gasteiger charge is -2.38. The molecule has 1 aliphatic rings. The van der Waals surface area contributed by atoms with Crippen LogP contribution in [0.4, 0.5) is 0 Å². The van der Waals surface area contributed by atoms with Gasteiger partial charge in [-0.25, -0.2) is 0 Å². The van der Waals surface area contributed by atoms with Crippen LogP contribution in [0.1, 0.15) is 27.2 Å². The van der Waals surface area contributed by atoms with Crippen LogP contribution in [0.3, 0.4) is 0 Å². The van der Waals surface area contributed by atoms with Gasteiger partial charge in [-0.05, 0) is 20.3 Å². The number of aliphatic hydroxyl groups is 1. The molecule has 0 aromatic rings. The Morgan fingerprint density at radius 1 is 1.54 bits per heavy atom. The van der Waals surface area contributed by atoms with Crippen LogP contribution in [0.15, 0.2) is 0 Å². The van der Waals surface area contributed by atoms with Crippen molar-refractivity contribution in [1.82, 2.24) is 4.90 Å². The monoisotopic (exact) mass is 203 g/mol. The van der Waals surface area contributed by atoms with Crippen molar-refractivity contribution >= 4 is 11.8 Å². The maximum Gasteiger partial charge on any atom is 0.0664 e. The van der Waals surface area contributed by atoms with Crippen molar-refractivity contribution in [3.05, 3.63) is 0 Å². The van der Waals surface area contributed by atoms with E-state index >= 15 is 0 Å². The molecule has 1 rings (SSSR count). The highest BCUT2D eigenvalue weighted by Crippen LogP contribution is 2.29. The molecule has 0 aromatic carbocycles. The average Bonchev–Trinajstić information content (AvgIpc) is 2.02. The molecule has 1 unspecified atom stereocenters. The van der Waals surface area contributed by atoms with Gasteiger partial charge in [0, 0.05) is 30.1 Å². The molecule has 3 heteroatoms. The van der Waals surface area contributed by atoms with Crippen LogP contribution in [0, 0.1) is 0 Å². The van der Waals surface area contributed by atoms with E-state index in [0.29, 0.717) is 4.75 Å². The third kappa shape index (κ3) is 3.88. The highest BCUT2D eigenvalue weighted by molar-refractivity contribution is 8.00. The molecule has 13 heavy (non-hydrogen) atoms. The minimum Gasteiger partial charge on any atom is -0.392 e. The average molecular weight is 203 g/mol. The standard InChI is InChI=1S/C10H21NOS/c1-4-9(12)7-11-5-6-13-10(2,3)8-11/h9,12H,4-8H2,1-3H3. The number of hydrogen-bond donors (Lipinski definition) is 1. The van der Waals surface area contributed by atoms with Crippen molar-refractivity contribution in [2.75, 3.05) is 25.4 Å². The number of rotatable bonds is 3. The maximum atomic E-state index is 9.53. The molecular weight excluding hydrogens is 182 g/mol. The molecule has 2 nitrogen and oxygen atoms in total. The van der Waals surface area contributed by atoms with E-state index in [1.807, 2.05) is 18.7 Å². The summed E-state index contributed by atoms with van der Waals surface area (Å²) in [5, 5.41) is 9.53. The number of hydrogen-bond acceptors (Lipinski definition) is 3. The molecule has 0 aromatic heterocycles. The van der Waals surface area contributed by atoms with Crippen LogP contribution in [0.5, 0.6) is 0 Å². The van der Waals surface area contributed by atoms with E-state index in [1.165, 1.54) is 5.75 Å². The summed E-state index contributed by atoms with van der Waals surface area (Å²) in [5.41, 5.74) is 0. The van der Waals surface area contributed by atoms with E-state index in [-0.39, 0.29) is 6.10 Å². The van der Waals surface area contributed by atoms with Gasteiger partial charge in [-0.1, -0.05) is 6.92 Å². The molecule has 0 bridgehead atoms. The van der Waals surface area contributed by atoms with Gasteiger partial charge in [-0.3, -0.25) is 4.90 Å². The van der Waals surface area contributed by atoms with Crippen LogP contribution in [0.25, 0.3) is 0 Å². The van der Waals surface area contributed by atoms with Crippen LogP contribution in [-0.2, 0) is 0 Å². The first-order chi connectivity index (χ1) is 6.03. The number of aliphatic hydroxyl groups excluding tert-OH is 1. The number of thioether (sulfide) groups is 1. The van der Waals surface area contributed by atoms with Crippen molar-refractivity contribution in [1.29, 1.82) is 0 Å². The predicted octanol–water partition coefficient (Wildman–Crippen LogP) is 1.58. The Bertz CT molecular complexity index is 161. The first-order valence-electron chi connectivity index (χ1n) is 5.08. The zero-order chi connectivity index (χ0) is 9.90. The van der Waals surface area contributed by atoms with E-state index in [9.17, 15) is 5.11 Å². The summed E-state index contributed by atoms with van der Waals surface area (Å²) in [5.74, 6) is 1.20. The summed E-state index contributed by atoms with van der Waals surface area (Å²) in [4.78, 5) is 2.38. The molecule has 1 fully saturated rings. The molecule has 1 atom stereocenters. The fraction of sp³-hybridized carbons (Fsp3) is 1.00. The largest absolute Gasteiger partial charge is 0.392 e. The van der Waals surface area contributed by atoms with E-state index in [2.05, 4.69) is 18.7 Å². The summed E-state index contributed by atoms with van der Waals surface area (Å²) in [6, 6.07) is 0. The summed E-state index contributed by atoms with van der Waals surface area (Å²) in [6.45, 7) is 9.68. The zero-order valence-corrected chi connectivity index (χ0v) is 9.73. The van der Waals surface area contributed by atoms with E-state index in [1.54, 1.807) is 0 Å². The van der Waals surface area contributed by atoms with Gasteiger partial charge in [0.2, 0.25) is 0 Å². The molecule has 0 spiro atoms. The van der Waals surface area contributed by atoms with Crippen molar-refractivity contribution in [3.8, 4) is 0 Å². The van der Waals surface area contributed by atoms with Gasteiger partial charge < -0.3 is 5.11 Å². The first kappa shape index (κ1) is 11.3. The molecule has 0 amide bonds. The molecule has 1 saturated heterocycles. The third-order valence-corrected chi connectivity index (χ3v) is 3.74. The SMILES string of the molecule is CCC(O)CN1CCSC(C)(C)C1. The second-order valence-corrected chi connectivity index (χ2v) is 6.21. The topological polar surface area (TPSA) is 23.5 Å². The minimum absolute atomic E-state index is 0.140. The lowest BCUT2D eigenvalue weighted by atomic mass is 10.1. The highest BCUT2D eigenvalue weighted by Gasteiger charge is 2.27. The van der Waals surface area contributed by atoms with Gasteiger partial charge in [-0.2, -0.15) is 11.8 Å². The summed E-state index contributed by atoms with van der Waals surface area (Å²) in [7, 11) is 0. The van der Waals surface area contributed by atoms with E-state index < -0.39 is 0 Å². The van der Waals surface area contributed by atoms with Gasteiger partial charge in [0.05, 0.1) is 6.10 Å². The van der Waals surface area contributed by atoms with Gasteiger partial charge in [0.25, 0.3) is 0 Å². The lowest BCUT2D eigenvalue weighted by Crippen LogP contribution is -2.45. The predicted molar refractivity (Wildman–Crippen MR) is 59.3 cm³/mol. The van der Waals surface area contributed by atoms with Gasteiger partial charge in [-0.15, -0.1) is 0 Å². The Kier molecular flexibility index (Phi) is 4.07. The molecule has 1 N–H and O–H groups in total. The molecule has 1 heterocycles. The molecular formula is C10H21NOS. The fourth-order valence-corrected chi connectivity index (χ4v) is 2.87. The highest BCUT2D eigenvalue weighted by atomic mass is 32.2. The van der Waals surface area contributed by atoms with Crippen molar-refractivity contribution < 1.29 is 5.11 Å². The molecule has 78 valence electrons. The van der Waals surface area contributed by atoms with Gasteiger partial charge in [0.1, 0.15) is 0 Å². The van der Waals surface area contributed by atoms with E-state index in [4.69, 9.17) is 0 Å². The molecule has 1 aliphatic heterocycles. The van der Waals surface area contributed by atoms with Crippen molar-refractivity contribution in [2.24, 2.45) is 0 Å². The van der Waals surface area contributed by atoms with Crippen molar-refractivity contribution in [3.63, 3.8) is 0 Å². The molecule has 0 aliphatic carbocycles. The summed E-state index contributed by atoms with van der Waals surface area (Å²) < 4.78 is 0.367. The van der Waals surface area contributed by atoms with Crippen LogP contribution in [0.2, 0.25) is 0 Å². The van der Waals surface area contributed by atoms with Gasteiger partial charge in [0.15, 0.2) is 0 Å². The minimum atomic E-state index is -0.140. The van der Waals surface area contributed by atoms with Crippen LogP contribution < -0.4 is 0 Å². The van der Waals surface area contributed by atoms with Crippen LogP contribution >= 0.6 is 11.8 Å². The summed E-state index contributed by atoms with van der Waals surface area (Å²) in [6.07, 6.45) is 0.725. The first-order valence-corrected chi connectivity index (χ1v) is 6.06. The Labute approximate surface area is 85.7 Å². The normalized spacial score (nSPS) is 25.8. The Morgan fingerprint density at radius 2 is 2.23 bits per heavy atom. The van der Waals surface area contributed by atoms with Crippen LogP contribution in [-0.4, -0.2) is 46.2 Å². The quantitative estimate of drug-likeness (QED) is 0.753. The Hall–Kier alpha value is 0.270.